The molecule has 0 spiro atoms. The SMILES string of the molecule is CC(C)=CCC(C)C1CCC2C3CCC4C(C)(C)C(Oc5cc(N)ccc5N)CCC4(C)C3CCC12C.CC(C)CC(C)C1CCC2C3CC=C4CC(OC(=O)c5cc(N)cc(N)c5)CCC4(C)C3CCC12C.CC(C)CC(C)C1CCC2C3CC=C4CC(Oc5cc(N)ccc5N)CCC4(C)C3CCC12C.CC(C)CC(C)C1CCC2C3CCC4CC(Oc5cc(N)ccc5N)CCC4(C)C3CCC12C. The highest BCUT2D eigenvalue weighted by molar-refractivity contribution is 5.92. The molecule has 782 valence electrons. The van der Waals surface area contributed by atoms with Crippen LogP contribution in [0, 0.1) is 197 Å². The quantitative estimate of drug-likeness (QED) is 0.0233. The minimum absolute atomic E-state index is 0.0577. The van der Waals surface area contributed by atoms with Gasteiger partial charge in [-0.05, 0) is 484 Å². The van der Waals surface area contributed by atoms with Crippen molar-refractivity contribution in [3.05, 3.63) is 113 Å². The van der Waals surface area contributed by atoms with Gasteiger partial charge in [-0.1, -0.05) is 173 Å². The Labute approximate surface area is 857 Å². The Morgan fingerprint density at radius 1 is 0.355 bits per heavy atom. The maximum atomic E-state index is 12.8. The van der Waals surface area contributed by atoms with Crippen LogP contribution in [0.1, 0.15) is 400 Å². The van der Waals surface area contributed by atoms with Gasteiger partial charge < -0.3 is 64.8 Å². The monoisotopic (exact) mass is 1930 g/mol. The topological polar surface area (TPSA) is 262 Å². The van der Waals surface area contributed by atoms with Gasteiger partial charge in [-0.15, -0.1) is 0 Å². The number of carbonyl (C=O) groups is 1. The molecular weight excluding hydrogens is 1730 g/mol. The summed E-state index contributed by atoms with van der Waals surface area (Å²) in [5.41, 5.74) is 62.7. The van der Waals surface area contributed by atoms with E-state index in [1.807, 2.05) is 54.6 Å². The number of anilines is 8. The molecule has 16 N–H and O–H groups in total. The van der Waals surface area contributed by atoms with E-state index < -0.39 is 0 Å². The summed E-state index contributed by atoms with van der Waals surface area (Å²) >= 11 is 0. The van der Waals surface area contributed by atoms with Gasteiger partial charge in [0.15, 0.2) is 0 Å². The highest BCUT2D eigenvalue weighted by Crippen LogP contribution is 2.75. The van der Waals surface area contributed by atoms with Crippen molar-refractivity contribution in [2.75, 3.05) is 45.9 Å². The predicted molar refractivity (Wildman–Crippen MR) is 593 cm³/mol. The van der Waals surface area contributed by atoms with Crippen LogP contribution in [0.2, 0.25) is 0 Å². The van der Waals surface area contributed by atoms with Crippen molar-refractivity contribution in [3.8, 4) is 17.2 Å². The molecule has 14 fully saturated rings. The Morgan fingerprint density at radius 2 is 0.723 bits per heavy atom. The van der Waals surface area contributed by atoms with E-state index in [-0.39, 0.29) is 41.2 Å². The van der Waals surface area contributed by atoms with Crippen molar-refractivity contribution in [1.29, 1.82) is 0 Å². The first-order chi connectivity index (χ1) is 66.6. The molecule has 13 nitrogen and oxygen atoms in total. The summed E-state index contributed by atoms with van der Waals surface area (Å²) in [5.74, 6) is 23.6. The standard InChI is InChI=1S/C34H54N2O.C32H48N2O2.C31H50N2O.C31H48N2O/c1-21(2)8-9-22(3)25-12-13-26-24-11-15-30-32(4,5)31(37-29-20-23(35)10-14-28(29)36)17-19-34(30,7)27(24)16-18-33(25,26)6;1-19(2)14-20(3)27-8-9-28-26-7-6-22-17-25(36-30(35)21-15-23(33)18-24(34)16-21)10-12-31(22,4)29(26)11-13-32(27,28)5;2*1-19(2)16-20(3)25-9-10-26-24-8-6-21-17-23(34-29-18-22(32)7-11-28(29)33)12-14-30(21,4)27(24)13-15-31(25,26)5/h8,10,14,20,22,24-27,30-31H,9,11-13,15-19,35-36H2,1-7H3;6,15-16,18-20,25-29H,7-14,17,33-34H2,1-5H3;7,11,18-21,23-27H,6,8-10,12-17,32-33H2,1-5H3;6-7,11,18-20,23-27H,8-10,12-17,32-33H2,1-5H3. The van der Waals surface area contributed by atoms with Crippen LogP contribution in [0.5, 0.6) is 17.2 Å². The van der Waals surface area contributed by atoms with Crippen molar-refractivity contribution in [2.45, 2.75) is 414 Å². The molecule has 0 radical (unpaired) electrons. The van der Waals surface area contributed by atoms with Gasteiger partial charge in [0.2, 0.25) is 0 Å². The van der Waals surface area contributed by atoms with E-state index in [1.54, 1.807) is 29.3 Å². The van der Waals surface area contributed by atoms with Crippen molar-refractivity contribution < 1.29 is 23.7 Å². The lowest BCUT2D eigenvalue weighted by atomic mass is 9.41. The molecular formula is C128H200N8O5. The highest BCUT2D eigenvalue weighted by atomic mass is 16.5. The normalized spacial score (nSPS) is 40.6. The maximum Gasteiger partial charge on any atom is 0.338 e. The second-order valence-electron chi connectivity index (χ2n) is 55.9. The van der Waals surface area contributed by atoms with Gasteiger partial charge in [0.1, 0.15) is 35.6 Å². The third-order valence-corrected chi connectivity index (χ3v) is 46.2. The molecule has 16 aliphatic rings. The molecule has 13 heteroatoms. The van der Waals surface area contributed by atoms with Crippen LogP contribution in [-0.2, 0) is 4.74 Å². The number of ether oxygens (including phenoxy) is 4. The number of hydrogen-bond donors (Lipinski definition) is 8. The minimum Gasteiger partial charge on any atom is -0.488 e. The van der Waals surface area contributed by atoms with Crippen LogP contribution in [0.25, 0.3) is 0 Å². The van der Waals surface area contributed by atoms with Crippen molar-refractivity contribution in [3.63, 3.8) is 0 Å². The average Bonchev–Trinajstić information content (AvgIpc) is 1.70. The third-order valence-electron chi connectivity index (χ3n) is 46.2. The van der Waals surface area contributed by atoms with Crippen LogP contribution in [0.4, 0.5) is 45.5 Å². The summed E-state index contributed by atoms with van der Waals surface area (Å²) in [4.78, 5) is 12.8. The summed E-state index contributed by atoms with van der Waals surface area (Å²) < 4.78 is 25.5. The lowest BCUT2D eigenvalue weighted by Gasteiger charge is -2.65. The Hall–Kier alpha value is -6.63. The van der Waals surface area contributed by atoms with Crippen molar-refractivity contribution in [1.82, 2.24) is 0 Å². The molecule has 0 saturated heterocycles. The molecule has 20 rings (SSSR count). The molecule has 4 aromatic carbocycles. The molecule has 0 heterocycles. The van der Waals surface area contributed by atoms with Gasteiger partial charge in [0.25, 0.3) is 0 Å². The first-order valence-corrected chi connectivity index (χ1v) is 58.5. The number of rotatable bonds is 20. The molecule has 0 bridgehead atoms. The summed E-state index contributed by atoms with van der Waals surface area (Å²) in [6.07, 6.45) is 57.3. The molecule has 14 saturated carbocycles. The molecule has 34 unspecified atom stereocenters. The maximum absolute atomic E-state index is 12.8. The summed E-state index contributed by atoms with van der Waals surface area (Å²) in [5, 5.41) is 0. The van der Waals surface area contributed by atoms with Gasteiger partial charge >= 0.3 is 5.97 Å². The Balaban J connectivity index is 0.000000130. The Bertz CT molecular complexity index is 5100. The number of nitrogens with two attached hydrogens (primary N) is 8. The van der Waals surface area contributed by atoms with Gasteiger partial charge in [-0.3, -0.25) is 0 Å². The first kappa shape index (κ1) is 106. The number of hydrogen-bond acceptors (Lipinski definition) is 13. The van der Waals surface area contributed by atoms with Gasteiger partial charge in [-0.25, -0.2) is 4.79 Å². The van der Waals surface area contributed by atoms with Gasteiger partial charge in [0, 0.05) is 64.9 Å². The number of nitrogen functional groups attached to an aromatic ring is 8. The zero-order valence-corrected chi connectivity index (χ0v) is 92.7. The van der Waals surface area contributed by atoms with Crippen LogP contribution >= 0.6 is 0 Å². The number of esters is 1. The molecule has 34 atom stereocenters. The smallest absolute Gasteiger partial charge is 0.338 e. The zero-order chi connectivity index (χ0) is 101. The minimum atomic E-state index is -0.308. The number of allylic oxidation sites excluding steroid dienone is 4. The van der Waals surface area contributed by atoms with Crippen LogP contribution in [0.3, 0.4) is 0 Å². The van der Waals surface area contributed by atoms with Gasteiger partial charge in [-0.2, -0.15) is 0 Å². The fourth-order valence-corrected chi connectivity index (χ4v) is 39.8. The molecule has 4 aromatic rings. The van der Waals surface area contributed by atoms with Crippen LogP contribution in [0.15, 0.2) is 108 Å². The molecule has 0 aromatic heterocycles. The fraction of sp³-hybridized carbons (Fsp3) is 0.758. The number of fused-ring (bicyclic) bond motifs is 20. The van der Waals surface area contributed by atoms with Crippen LogP contribution in [-0.4, -0.2) is 30.4 Å². The molecule has 0 aliphatic heterocycles. The Kier molecular flexibility index (Phi) is 30.8. The molecule has 141 heavy (non-hydrogen) atoms. The van der Waals surface area contributed by atoms with E-state index in [2.05, 4.69) is 171 Å². The lowest BCUT2D eigenvalue weighted by Crippen LogP contribution is -2.60. The van der Waals surface area contributed by atoms with E-state index in [0.29, 0.717) is 83.5 Å². The Morgan fingerprint density at radius 3 is 1.17 bits per heavy atom. The fourth-order valence-electron chi connectivity index (χ4n) is 39.8. The van der Waals surface area contributed by atoms with Crippen molar-refractivity contribution in [2.24, 2.45) is 197 Å². The number of carbonyl (C=O) groups excluding carboxylic acids is 1. The predicted octanol–water partition coefficient (Wildman–Crippen LogP) is 32.3. The van der Waals surface area contributed by atoms with E-state index >= 15 is 0 Å². The van der Waals surface area contributed by atoms with Crippen molar-refractivity contribution >= 4 is 51.5 Å². The van der Waals surface area contributed by atoms with E-state index in [9.17, 15) is 4.79 Å². The zero-order valence-electron chi connectivity index (χ0n) is 92.7. The number of benzene rings is 4. The van der Waals surface area contributed by atoms with E-state index in [0.717, 1.165) is 216 Å². The third kappa shape index (κ3) is 20.2. The largest absolute Gasteiger partial charge is 0.488 e. The van der Waals surface area contributed by atoms with Gasteiger partial charge in [0.05, 0.1) is 28.7 Å². The second kappa shape index (κ2) is 41.1. The molecule has 16 aliphatic carbocycles. The summed E-state index contributed by atoms with van der Waals surface area (Å²) in [6, 6.07) is 21.9. The van der Waals surface area contributed by atoms with E-state index in [1.165, 1.54) is 198 Å². The van der Waals surface area contributed by atoms with E-state index in [4.69, 9.17) is 64.8 Å². The average molecular weight is 1930 g/mol. The molecule has 0 amide bonds. The lowest BCUT2D eigenvalue weighted by molar-refractivity contribution is -0.174. The first-order valence-electron chi connectivity index (χ1n) is 58.5. The summed E-state index contributed by atoms with van der Waals surface area (Å²) in [7, 11) is 0. The summed E-state index contributed by atoms with van der Waals surface area (Å²) in [6.45, 7) is 55.2. The highest BCUT2D eigenvalue weighted by Gasteiger charge is 2.67. The van der Waals surface area contributed by atoms with Crippen LogP contribution < -0.4 is 60.1 Å². The second-order valence-corrected chi connectivity index (χ2v) is 55.9.